The molecular formula is C16H12FNOS2. The third kappa shape index (κ3) is 2.89. The lowest BCUT2D eigenvalue weighted by atomic mass is 10.2. The normalized spacial score (nSPS) is 10.7. The van der Waals surface area contributed by atoms with Gasteiger partial charge >= 0.3 is 0 Å². The van der Waals surface area contributed by atoms with E-state index in [1.54, 1.807) is 23.5 Å². The summed E-state index contributed by atoms with van der Waals surface area (Å²) >= 11 is 6.47. The molecule has 0 amide bonds. The van der Waals surface area contributed by atoms with Gasteiger partial charge in [0.05, 0.1) is 0 Å². The van der Waals surface area contributed by atoms with Gasteiger partial charge in [0.15, 0.2) is 11.6 Å². The van der Waals surface area contributed by atoms with E-state index in [0.29, 0.717) is 12.2 Å². The lowest BCUT2D eigenvalue weighted by Crippen LogP contribution is -2.09. The third-order valence-electron chi connectivity index (χ3n) is 3.16. The molecule has 0 unspecified atom stereocenters. The standard InChI is InChI=1S/C16H12FNOS2/c17-13-7-10(16(18)20)5-6-14(13)19-8-11-9-21-15-4-2-1-3-12(11)15/h1-7,9H,8H2,(H2,18,20). The van der Waals surface area contributed by atoms with Crippen LogP contribution in [-0.2, 0) is 6.61 Å². The molecule has 0 aliphatic heterocycles. The molecule has 2 aromatic carbocycles. The van der Waals surface area contributed by atoms with Crippen molar-refractivity contribution in [1.82, 2.24) is 0 Å². The average molecular weight is 317 g/mol. The largest absolute Gasteiger partial charge is 0.486 e. The Balaban J connectivity index is 1.80. The summed E-state index contributed by atoms with van der Waals surface area (Å²) in [5.41, 5.74) is 7.02. The van der Waals surface area contributed by atoms with E-state index in [9.17, 15) is 4.39 Å². The van der Waals surface area contributed by atoms with Crippen LogP contribution in [0.5, 0.6) is 5.75 Å². The van der Waals surface area contributed by atoms with Gasteiger partial charge in [0.1, 0.15) is 11.6 Å². The molecule has 2 nitrogen and oxygen atoms in total. The summed E-state index contributed by atoms with van der Waals surface area (Å²) in [6.07, 6.45) is 0. The van der Waals surface area contributed by atoms with Crippen LogP contribution in [0.25, 0.3) is 10.1 Å². The number of ether oxygens (including phenoxy) is 1. The van der Waals surface area contributed by atoms with Crippen molar-refractivity contribution in [2.45, 2.75) is 6.61 Å². The van der Waals surface area contributed by atoms with E-state index in [4.69, 9.17) is 22.7 Å². The Labute approximate surface area is 131 Å². The molecule has 0 saturated heterocycles. The quantitative estimate of drug-likeness (QED) is 0.731. The van der Waals surface area contributed by atoms with E-state index in [0.717, 1.165) is 10.9 Å². The molecule has 3 aromatic rings. The lowest BCUT2D eigenvalue weighted by Gasteiger charge is -2.08. The van der Waals surface area contributed by atoms with Crippen LogP contribution in [0.15, 0.2) is 47.8 Å². The Morgan fingerprint density at radius 3 is 2.81 bits per heavy atom. The summed E-state index contributed by atoms with van der Waals surface area (Å²) in [5.74, 6) is -0.259. The minimum absolute atomic E-state index is 0.171. The maximum Gasteiger partial charge on any atom is 0.165 e. The highest BCUT2D eigenvalue weighted by atomic mass is 32.1. The van der Waals surface area contributed by atoms with Crippen molar-refractivity contribution in [1.29, 1.82) is 0 Å². The first-order valence-corrected chi connectivity index (χ1v) is 7.61. The molecule has 0 radical (unpaired) electrons. The maximum absolute atomic E-state index is 13.9. The smallest absolute Gasteiger partial charge is 0.165 e. The maximum atomic E-state index is 13.9. The molecular weight excluding hydrogens is 305 g/mol. The van der Waals surface area contributed by atoms with Crippen LogP contribution in [-0.4, -0.2) is 4.99 Å². The van der Waals surface area contributed by atoms with Crippen molar-refractivity contribution in [2.24, 2.45) is 5.73 Å². The predicted octanol–water partition coefficient (Wildman–Crippen LogP) is 4.25. The zero-order chi connectivity index (χ0) is 14.8. The lowest BCUT2D eigenvalue weighted by molar-refractivity contribution is 0.292. The van der Waals surface area contributed by atoms with Gasteiger partial charge in [-0.15, -0.1) is 11.3 Å². The number of thiocarbonyl (C=S) groups is 1. The molecule has 21 heavy (non-hydrogen) atoms. The molecule has 3 rings (SSSR count). The first-order chi connectivity index (χ1) is 10.1. The first kappa shape index (κ1) is 14.0. The van der Waals surface area contributed by atoms with Gasteiger partial charge in [0.25, 0.3) is 0 Å². The topological polar surface area (TPSA) is 35.2 Å². The van der Waals surface area contributed by atoms with Gasteiger partial charge in [-0.05, 0) is 35.0 Å². The summed E-state index contributed by atoms with van der Waals surface area (Å²) in [6, 6.07) is 12.6. The van der Waals surface area contributed by atoms with Crippen LogP contribution in [0.4, 0.5) is 4.39 Å². The zero-order valence-electron chi connectivity index (χ0n) is 11.0. The highest BCUT2D eigenvalue weighted by molar-refractivity contribution is 7.80. The van der Waals surface area contributed by atoms with Crippen molar-refractivity contribution in [3.8, 4) is 5.75 Å². The van der Waals surface area contributed by atoms with Crippen LogP contribution < -0.4 is 10.5 Å². The van der Waals surface area contributed by atoms with Crippen molar-refractivity contribution in [2.75, 3.05) is 0 Å². The van der Waals surface area contributed by atoms with E-state index in [1.807, 2.05) is 23.6 Å². The van der Waals surface area contributed by atoms with Gasteiger partial charge in [-0.25, -0.2) is 4.39 Å². The minimum Gasteiger partial charge on any atom is -0.486 e. The molecule has 1 aromatic heterocycles. The fourth-order valence-electron chi connectivity index (χ4n) is 2.07. The molecule has 1 heterocycles. The van der Waals surface area contributed by atoms with Crippen molar-refractivity contribution in [3.63, 3.8) is 0 Å². The number of nitrogens with two attached hydrogens (primary N) is 1. The second-order valence-corrected chi connectivity index (χ2v) is 5.91. The van der Waals surface area contributed by atoms with E-state index < -0.39 is 5.82 Å². The van der Waals surface area contributed by atoms with Gasteiger partial charge in [-0.3, -0.25) is 0 Å². The summed E-state index contributed by atoms with van der Waals surface area (Å²) < 4.78 is 20.7. The van der Waals surface area contributed by atoms with Crippen LogP contribution >= 0.6 is 23.6 Å². The van der Waals surface area contributed by atoms with E-state index in [1.165, 1.54) is 10.8 Å². The van der Waals surface area contributed by atoms with Crippen LogP contribution in [0, 0.1) is 5.82 Å². The molecule has 0 atom stereocenters. The monoisotopic (exact) mass is 317 g/mol. The van der Waals surface area contributed by atoms with E-state index >= 15 is 0 Å². The molecule has 0 fully saturated rings. The zero-order valence-corrected chi connectivity index (χ0v) is 12.6. The van der Waals surface area contributed by atoms with Crippen molar-refractivity contribution < 1.29 is 9.13 Å². The molecule has 0 aliphatic carbocycles. The van der Waals surface area contributed by atoms with Gasteiger partial charge in [0, 0.05) is 15.8 Å². The molecule has 2 N–H and O–H groups in total. The number of fused-ring (bicyclic) bond motifs is 1. The van der Waals surface area contributed by atoms with Gasteiger partial charge in [-0.2, -0.15) is 0 Å². The Hall–Kier alpha value is -1.98. The second kappa shape index (κ2) is 5.79. The Morgan fingerprint density at radius 1 is 1.24 bits per heavy atom. The number of hydrogen-bond acceptors (Lipinski definition) is 3. The van der Waals surface area contributed by atoms with Gasteiger partial charge in [-0.1, -0.05) is 30.4 Å². The van der Waals surface area contributed by atoms with Crippen LogP contribution in [0.1, 0.15) is 11.1 Å². The molecule has 0 spiro atoms. The minimum atomic E-state index is -0.458. The number of hydrogen-bond donors (Lipinski definition) is 1. The second-order valence-electron chi connectivity index (χ2n) is 4.56. The van der Waals surface area contributed by atoms with Crippen molar-refractivity contribution in [3.05, 3.63) is 64.8 Å². The van der Waals surface area contributed by atoms with Crippen LogP contribution in [0.3, 0.4) is 0 Å². The van der Waals surface area contributed by atoms with Crippen LogP contribution in [0.2, 0.25) is 0 Å². The van der Waals surface area contributed by atoms with Crippen molar-refractivity contribution >= 4 is 38.6 Å². The third-order valence-corrected chi connectivity index (χ3v) is 4.41. The number of thiophene rings is 1. The summed E-state index contributed by atoms with van der Waals surface area (Å²) in [5, 5.41) is 3.18. The fourth-order valence-corrected chi connectivity index (χ4v) is 3.15. The summed E-state index contributed by atoms with van der Waals surface area (Å²) in [6.45, 7) is 0.327. The highest BCUT2D eigenvalue weighted by Gasteiger charge is 2.08. The fraction of sp³-hybridized carbons (Fsp3) is 0.0625. The Morgan fingerprint density at radius 2 is 2.05 bits per heavy atom. The number of rotatable bonds is 4. The molecule has 106 valence electrons. The van der Waals surface area contributed by atoms with Gasteiger partial charge < -0.3 is 10.5 Å². The molecule has 0 bridgehead atoms. The number of benzene rings is 2. The molecule has 0 saturated carbocycles. The predicted molar refractivity (Wildman–Crippen MR) is 88.4 cm³/mol. The van der Waals surface area contributed by atoms with E-state index in [2.05, 4.69) is 6.07 Å². The molecule has 5 heteroatoms. The Bertz CT molecular complexity index is 813. The molecule has 0 aliphatic rings. The summed E-state index contributed by atoms with van der Waals surface area (Å²) in [7, 11) is 0. The number of halogens is 1. The average Bonchev–Trinajstić information content (AvgIpc) is 2.89. The first-order valence-electron chi connectivity index (χ1n) is 6.32. The summed E-state index contributed by atoms with van der Waals surface area (Å²) in [4.78, 5) is 0.171. The Kier molecular flexibility index (Phi) is 3.86. The van der Waals surface area contributed by atoms with E-state index in [-0.39, 0.29) is 10.7 Å². The van der Waals surface area contributed by atoms with Gasteiger partial charge in [0.2, 0.25) is 0 Å². The SMILES string of the molecule is NC(=S)c1ccc(OCc2csc3ccccc23)c(F)c1. The highest BCUT2D eigenvalue weighted by Crippen LogP contribution is 2.27.